The molecule has 2 aliphatic rings. The van der Waals surface area contributed by atoms with Crippen LogP contribution in [0.4, 0.5) is 0 Å². The van der Waals surface area contributed by atoms with Gasteiger partial charge in [0.15, 0.2) is 0 Å². The summed E-state index contributed by atoms with van der Waals surface area (Å²) >= 11 is 0. The second-order valence-electron chi connectivity index (χ2n) is 6.83. The molecule has 1 aromatic rings. The van der Waals surface area contributed by atoms with Crippen LogP contribution in [0.1, 0.15) is 26.7 Å². The third-order valence-corrected chi connectivity index (χ3v) is 4.62. The fourth-order valence-corrected chi connectivity index (χ4v) is 3.47. The molecule has 3 heterocycles. The van der Waals surface area contributed by atoms with Crippen molar-refractivity contribution >= 4 is 5.91 Å². The Kier molecular flexibility index (Phi) is 5.68. The van der Waals surface area contributed by atoms with Crippen molar-refractivity contribution in [1.29, 1.82) is 0 Å². The first-order chi connectivity index (χ1) is 11.6. The van der Waals surface area contributed by atoms with Crippen LogP contribution in [0.2, 0.25) is 0 Å². The van der Waals surface area contributed by atoms with Gasteiger partial charge in [0, 0.05) is 38.6 Å². The van der Waals surface area contributed by atoms with Gasteiger partial charge in [0.1, 0.15) is 11.9 Å². The SMILES string of the molecule is C[C@@H]1CN(C(=O)CN2CCC(Oc3ccncc3)CC2)C[C@H](C)O1. The summed E-state index contributed by atoms with van der Waals surface area (Å²) in [6, 6.07) is 3.77. The Morgan fingerprint density at radius 1 is 1.21 bits per heavy atom. The quantitative estimate of drug-likeness (QED) is 0.837. The summed E-state index contributed by atoms with van der Waals surface area (Å²) in [7, 11) is 0. The van der Waals surface area contributed by atoms with Crippen LogP contribution >= 0.6 is 0 Å². The van der Waals surface area contributed by atoms with Crippen LogP contribution < -0.4 is 4.74 Å². The Hall–Kier alpha value is -1.66. The number of carbonyl (C=O) groups excluding carboxylic acids is 1. The molecule has 2 saturated heterocycles. The van der Waals surface area contributed by atoms with Gasteiger partial charge in [-0.25, -0.2) is 0 Å². The summed E-state index contributed by atoms with van der Waals surface area (Å²) in [5, 5.41) is 0. The van der Waals surface area contributed by atoms with E-state index >= 15 is 0 Å². The third kappa shape index (κ3) is 4.68. The smallest absolute Gasteiger partial charge is 0.236 e. The van der Waals surface area contributed by atoms with Crippen molar-refractivity contribution in [3.8, 4) is 5.75 Å². The number of hydrogen-bond acceptors (Lipinski definition) is 5. The minimum absolute atomic E-state index is 0.122. The van der Waals surface area contributed by atoms with E-state index in [9.17, 15) is 4.79 Å². The average Bonchev–Trinajstić information content (AvgIpc) is 2.57. The maximum Gasteiger partial charge on any atom is 0.236 e. The second-order valence-corrected chi connectivity index (χ2v) is 6.83. The number of amides is 1. The van der Waals surface area contributed by atoms with E-state index in [0.29, 0.717) is 19.6 Å². The fraction of sp³-hybridized carbons (Fsp3) is 0.667. The lowest BCUT2D eigenvalue weighted by atomic mass is 10.1. The van der Waals surface area contributed by atoms with Gasteiger partial charge in [0.05, 0.1) is 18.8 Å². The highest BCUT2D eigenvalue weighted by Crippen LogP contribution is 2.18. The molecule has 6 heteroatoms. The lowest BCUT2D eigenvalue weighted by molar-refractivity contribution is -0.144. The van der Waals surface area contributed by atoms with Crippen molar-refractivity contribution in [3.63, 3.8) is 0 Å². The van der Waals surface area contributed by atoms with Gasteiger partial charge in [-0.3, -0.25) is 14.7 Å². The number of likely N-dealkylation sites (tertiary alicyclic amines) is 1. The lowest BCUT2D eigenvalue weighted by Gasteiger charge is -2.37. The first-order valence-electron chi connectivity index (χ1n) is 8.82. The van der Waals surface area contributed by atoms with Crippen LogP contribution in [0, 0.1) is 0 Å². The van der Waals surface area contributed by atoms with Gasteiger partial charge in [-0.1, -0.05) is 0 Å². The topological polar surface area (TPSA) is 54.9 Å². The number of morpholine rings is 1. The molecule has 0 bridgehead atoms. The molecular formula is C18H27N3O3. The second kappa shape index (κ2) is 7.94. The molecule has 2 aliphatic heterocycles. The lowest BCUT2D eigenvalue weighted by Crippen LogP contribution is -2.52. The maximum atomic E-state index is 12.5. The van der Waals surface area contributed by atoms with Gasteiger partial charge in [0.2, 0.25) is 5.91 Å². The van der Waals surface area contributed by atoms with E-state index in [1.165, 1.54) is 0 Å². The standard InChI is InChI=1S/C18H27N3O3/c1-14-11-21(12-15(2)23-14)18(22)13-20-9-5-17(6-10-20)24-16-3-7-19-8-4-16/h3-4,7-8,14-15,17H,5-6,9-13H2,1-2H3/t14-,15+. The van der Waals surface area contributed by atoms with Crippen LogP contribution in [0.5, 0.6) is 5.75 Å². The van der Waals surface area contributed by atoms with Gasteiger partial charge in [-0.2, -0.15) is 0 Å². The summed E-state index contributed by atoms with van der Waals surface area (Å²) in [5.74, 6) is 1.08. The number of hydrogen-bond donors (Lipinski definition) is 0. The number of ether oxygens (including phenoxy) is 2. The van der Waals surface area contributed by atoms with Gasteiger partial charge in [0.25, 0.3) is 0 Å². The predicted molar refractivity (Wildman–Crippen MR) is 90.9 cm³/mol. The molecule has 0 unspecified atom stereocenters. The predicted octanol–water partition coefficient (Wildman–Crippen LogP) is 1.56. The van der Waals surface area contributed by atoms with Crippen molar-refractivity contribution in [2.24, 2.45) is 0 Å². The average molecular weight is 333 g/mol. The highest BCUT2D eigenvalue weighted by atomic mass is 16.5. The molecule has 3 rings (SSSR count). The van der Waals surface area contributed by atoms with Crippen LogP contribution in [-0.4, -0.2) is 71.7 Å². The Morgan fingerprint density at radius 3 is 2.46 bits per heavy atom. The first-order valence-corrected chi connectivity index (χ1v) is 8.82. The first kappa shape index (κ1) is 17.2. The minimum atomic E-state index is 0.122. The molecule has 0 aromatic carbocycles. The Bertz CT molecular complexity index is 522. The molecule has 0 radical (unpaired) electrons. The number of piperidine rings is 1. The van der Waals surface area contributed by atoms with E-state index in [1.807, 2.05) is 30.9 Å². The molecule has 0 saturated carbocycles. The van der Waals surface area contributed by atoms with Crippen LogP contribution in [-0.2, 0) is 9.53 Å². The molecule has 0 aliphatic carbocycles. The largest absolute Gasteiger partial charge is 0.490 e. The molecule has 0 spiro atoms. The van der Waals surface area contributed by atoms with Crippen molar-refractivity contribution in [2.75, 3.05) is 32.7 Å². The summed E-state index contributed by atoms with van der Waals surface area (Å²) in [6.45, 7) is 7.75. The zero-order valence-electron chi connectivity index (χ0n) is 14.6. The van der Waals surface area contributed by atoms with E-state index in [0.717, 1.165) is 31.7 Å². The molecule has 1 aromatic heterocycles. The number of nitrogens with zero attached hydrogens (tertiary/aromatic N) is 3. The van der Waals surface area contributed by atoms with Crippen molar-refractivity contribution in [3.05, 3.63) is 24.5 Å². The molecule has 2 fully saturated rings. The highest BCUT2D eigenvalue weighted by Gasteiger charge is 2.28. The fourth-order valence-electron chi connectivity index (χ4n) is 3.47. The van der Waals surface area contributed by atoms with Crippen LogP contribution in [0.15, 0.2) is 24.5 Å². The van der Waals surface area contributed by atoms with Gasteiger partial charge in [-0.05, 0) is 38.8 Å². The van der Waals surface area contributed by atoms with Crippen molar-refractivity contribution in [1.82, 2.24) is 14.8 Å². The maximum absolute atomic E-state index is 12.5. The molecule has 0 N–H and O–H groups in total. The van der Waals surface area contributed by atoms with E-state index in [-0.39, 0.29) is 24.2 Å². The summed E-state index contributed by atoms with van der Waals surface area (Å²) in [4.78, 5) is 20.7. The molecule has 1 amide bonds. The molecular weight excluding hydrogens is 306 g/mol. The van der Waals surface area contributed by atoms with Gasteiger partial charge >= 0.3 is 0 Å². The summed E-state index contributed by atoms with van der Waals surface area (Å²) < 4.78 is 11.7. The number of pyridine rings is 1. The van der Waals surface area contributed by atoms with E-state index in [2.05, 4.69) is 9.88 Å². The van der Waals surface area contributed by atoms with Crippen molar-refractivity contribution in [2.45, 2.75) is 45.0 Å². The van der Waals surface area contributed by atoms with E-state index < -0.39 is 0 Å². The zero-order chi connectivity index (χ0) is 16.9. The highest BCUT2D eigenvalue weighted by molar-refractivity contribution is 5.78. The monoisotopic (exact) mass is 333 g/mol. The van der Waals surface area contributed by atoms with E-state index in [4.69, 9.17) is 9.47 Å². The molecule has 132 valence electrons. The summed E-state index contributed by atoms with van der Waals surface area (Å²) in [6.07, 6.45) is 5.86. The minimum Gasteiger partial charge on any atom is -0.490 e. The Labute approximate surface area is 143 Å². The normalized spacial score (nSPS) is 26.3. The van der Waals surface area contributed by atoms with Crippen LogP contribution in [0.3, 0.4) is 0 Å². The van der Waals surface area contributed by atoms with E-state index in [1.54, 1.807) is 12.4 Å². The zero-order valence-corrected chi connectivity index (χ0v) is 14.6. The Balaban J connectivity index is 1.42. The van der Waals surface area contributed by atoms with Crippen LogP contribution in [0.25, 0.3) is 0 Å². The summed E-state index contributed by atoms with van der Waals surface area (Å²) in [5.41, 5.74) is 0. The Morgan fingerprint density at radius 2 is 1.83 bits per heavy atom. The van der Waals surface area contributed by atoms with Gasteiger partial charge < -0.3 is 14.4 Å². The van der Waals surface area contributed by atoms with Gasteiger partial charge in [-0.15, -0.1) is 0 Å². The number of aromatic nitrogens is 1. The third-order valence-electron chi connectivity index (χ3n) is 4.62. The number of rotatable bonds is 4. The molecule has 6 nitrogen and oxygen atoms in total. The van der Waals surface area contributed by atoms with Crippen molar-refractivity contribution < 1.29 is 14.3 Å². The number of carbonyl (C=O) groups is 1. The molecule has 24 heavy (non-hydrogen) atoms. The molecule has 2 atom stereocenters.